The van der Waals surface area contributed by atoms with E-state index in [0.29, 0.717) is 22.8 Å². The number of carbonyl (C=O) groups is 1. The number of carbonyl (C=O) groups excluding carboxylic acids is 1. The third-order valence-electron chi connectivity index (χ3n) is 6.33. The van der Waals surface area contributed by atoms with Crippen LogP contribution in [0.5, 0.6) is 5.88 Å². The van der Waals surface area contributed by atoms with Gasteiger partial charge in [-0.15, -0.1) is 0 Å². The first-order chi connectivity index (χ1) is 18.5. The van der Waals surface area contributed by atoms with E-state index in [9.17, 15) is 13.6 Å². The molecular weight excluding hydrogens is 494 g/mol. The Morgan fingerprint density at radius 2 is 1.89 bits per heavy atom. The number of benzene rings is 1. The highest BCUT2D eigenvalue weighted by Crippen LogP contribution is 2.34. The number of nitrogens with one attached hydrogen (secondary N) is 4. The topological polar surface area (TPSA) is 130 Å². The van der Waals surface area contributed by atoms with Crippen LogP contribution in [0.4, 0.5) is 14.5 Å². The number of aromatic nitrogens is 5. The molecule has 5 rings (SSSR count). The molecule has 4 N–H and O–H groups in total. The first-order valence-electron chi connectivity index (χ1n) is 12.1. The van der Waals surface area contributed by atoms with Crippen molar-refractivity contribution in [3.63, 3.8) is 0 Å². The van der Waals surface area contributed by atoms with E-state index in [1.54, 1.807) is 42.7 Å². The summed E-state index contributed by atoms with van der Waals surface area (Å²) >= 11 is 0. The van der Waals surface area contributed by atoms with Crippen molar-refractivity contribution in [3.8, 4) is 17.3 Å². The molecule has 0 bridgehead atoms. The van der Waals surface area contributed by atoms with E-state index in [2.05, 4.69) is 40.9 Å². The quantitative estimate of drug-likeness (QED) is 0.264. The average molecular weight is 521 g/mol. The minimum Gasteiger partial charge on any atom is -0.417 e. The molecule has 4 heterocycles. The summed E-state index contributed by atoms with van der Waals surface area (Å²) in [4.78, 5) is 25.6. The van der Waals surface area contributed by atoms with Crippen LogP contribution in [0, 0.1) is 0 Å². The molecule has 196 valence electrons. The summed E-state index contributed by atoms with van der Waals surface area (Å²) in [5.41, 5.74) is 1.84. The van der Waals surface area contributed by atoms with Gasteiger partial charge in [0.1, 0.15) is 0 Å². The summed E-state index contributed by atoms with van der Waals surface area (Å²) in [6, 6.07) is 14.0. The molecule has 0 unspecified atom stereocenters. The molecule has 38 heavy (non-hydrogen) atoms. The maximum absolute atomic E-state index is 12.9. The van der Waals surface area contributed by atoms with E-state index in [0.717, 1.165) is 37.2 Å². The van der Waals surface area contributed by atoms with Crippen LogP contribution in [0.3, 0.4) is 0 Å². The lowest BCUT2D eigenvalue weighted by Crippen LogP contribution is -2.46. The highest BCUT2D eigenvalue weighted by Gasteiger charge is 2.37. The molecule has 0 atom stereocenters. The Morgan fingerprint density at radius 3 is 2.68 bits per heavy atom. The lowest BCUT2D eigenvalue weighted by Gasteiger charge is -2.37. The van der Waals surface area contributed by atoms with Gasteiger partial charge in [0.15, 0.2) is 11.6 Å². The standard InChI is InChI=1S/C26H26F2N8O2/c27-25(28)38-23-19(4-2-10-31-23)16-32-22(37)18-3-1-5-20(15-18)34-26(8-13-30-14-9-26)24-33-21(35-36-24)17-6-11-29-12-7-17/h1-7,10-12,15,25,30,34H,8-9,13-14,16H2,(H,32,37)(H,33,35,36). The van der Waals surface area contributed by atoms with Gasteiger partial charge in [-0.05, 0) is 62.3 Å². The molecule has 1 aromatic carbocycles. The number of H-pyrrole nitrogens is 1. The fourth-order valence-electron chi connectivity index (χ4n) is 4.42. The molecule has 4 aromatic rings. The maximum atomic E-state index is 12.9. The van der Waals surface area contributed by atoms with Crippen LogP contribution in [0.1, 0.15) is 34.6 Å². The number of piperidine rings is 1. The second kappa shape index (κ2) is 11.3. The van der Waals surface area contributed by atoms with Crippen molar-refractivity contribution in [2.24, 2.45) is 0 Å². The van der Waals surface area contributed by atoms with Crippen molar-refractivity contribution >= 4 is 11.6 Å². The zero-order valence-electron chi connectivity index (χ0n) is 20.3. The number of ether oxygens (including phenoxy) is 1. The number of anilines is 1. The summed E-state index contributed by atoms with van der Waals surface area (Å²) in [6.45, 7) is -1.45. The summed E-state index contributed by atoms with van der Waals surface area (Å²) < 4.78 is 29.8. The Hall–Kier alpha value is -4.45. The second-order valence-electron chi connectivity index (χ2n) is 8.81. The molecule has 1 saturated heterocycles. The van der Waals surface area contributed by atoms with E-state index in [-0.39, 0.29) is 18.3 Å². The van der Waals surface area contributed by atoms with E-state index in [1.165, 1.54) is 6.20 Å². The van der Waals surface area contributed by atoms with Gasteiger partial charge in [-0.1, -0.05) is 12.1 Å². The minimum atomic E-state index is -3.01. The number of aromatic amines is 1. The van der Waals surface area contributed by atoms with E-state index < -0.39 is 12.2 Å². The maximum Gasteiger partial charge on any atom is 0.388 e. The van der Waals surface area contributed by atoms with Gasteiger partial charge < -0.3 is 20.7 Å². The van der Waals surface area contributed by atoms with Crippen LogP contribution in [0.2, 0.25) is 0 Å². The predicted molar refractivity (Wildman–Crippen MR) is 135 cm³/mol. The molecule has 1 fully saturated rings. The Bertz CT molecular complexity index is 1380. The van der Waals surface area contributed by atoms with Crippen LogP contribution < -0.4 is 20.7 Å². The van der Waals surface area contributed by atoms with Gasteiger partial charge in [0.2, 0.25) is 5.88 Å². The molecule has 1 aliphatic rings. The highest BCUT2D eigenvalue weighted by molar-refractivity contribution is 5.95. The Morgan fingerprint density at radius 1 is 1.08 bits per heavy atom. The van der Waals surface area contributed by atoms with Crippen LogP contribution in [-0.4, -0.2) is 50.8 Å². The number of nitrogens with zero attached hydrogens (tertiary/aromatic N) is 4. The molecule has 3 aromatic heterocycles. The van der Waals surface area contributed by atoms with Crippen molar-refractivity contribution in [2.75, 3.05) is 18.4 Å². The first-order valence-corrected chi connectivity index (χ1v) is 12.1. The van der Waals surface area contributed by atoms with Crippen molar-refractivity contribution in [2.45, 2.75) is 31.5 Å². The second-order valence-corrected chi connectivity index (χ2v) is 8.81. The number of hydrogen-bond acceptors (Lipinski definition) is 8. The molecule has 0 spiro atoms. The molecule has 10 nitrogen and oxygen atoms in total. The van der Waals surface area contributed by atoms with Crippen molar-refractivity contribution in [1.82, 2.24) is 35.8 Å². The fraction of sp³-hybridized carbons (Fsp3) is 0.269. The van der Waals surface area contributed by atoms with Gasteiger partial charge in [-0.2, -0.15) is 13.9 Å². The van der Waals surface area contributed by atoms with E-state index in [1.807, 2.05) is 18.2 Å². The average Bonchev–Trinajstić information content (AvgIpc) is 3.45. The number of alkyl halides is 2. The fourth-order valence-corrected chi connectivity index (χ4v) is 4.42. The van der Waals surface area contributed by atoms with Gasteiger partial charge in [0.25, 0.3) is 5.91 Å². The van der Waals surface area contributed by atoms with Crippen LogP contribution in [0.15, 0.2) is 67.1 Å². The lowest BCUT2D eigenvalue weighted by molar-refractivity contribution is -0.0535. The summed E-state index contributed by atoms with van der Waals surface area (Å²) in [6.07, 6.45) is 6.25. The highest BCUT2D eigenvalue weighted by atomic mass is 19.3. The van der Waals surface area contributed by atoms with Crippen molar-refractivity contribution in [1.29, 1.82) is 0 Å². The number of amides is 1. The van der Waals surface area contributed by atoms with Gasteiger partial charge >= 0.3 is 6.61 Å². The number of halogens is 2. The van der Waals surface area contributed by atoms with Crippen LogP contribution in [-0.2, 0) is 12.1 Å². The van der Waals surface area contributed by atoms with Gasteiger partial charge in [0, 0.05) is 47.5 Å². The van der Waals surface area contributed by atoms with Gasteiger partial charge in [0.05, 0.1) is 5.54 Å². The number of pyridine rings is 2. The number of rotatable bonds is 9. The molecular formula is C26H26F2N8O2. The Balaban J connectivity index is 1.33. The summed E-state index contributed by atoms with van der Waals surface area (Å²) in [5.74, 6) is 0.716. The molecule has 1 amide bonds. The van der Waals surface area contributed by atoms with Gasteiger partial charge in [-0.3, -0.25) is 14.9 Å². The third-order valence-corrected chi connectivity index (χ3v) is 6.33. The molecule has 12 heteroatoms. The smallest absolute Gasteiger partial charge is 0.388 e. The van der Waals surface area contributed by atoms with Crippen molar-refractivity contribution in [3.05, 3.63) is 84.1 Å². The molecule has 0 saturated carbocycles. The summed E-state index contributed by atoms with van der Waals surface area (Å²) in [7, 11) is 0. The Labute approximate surface area is 217 Å². The zero-order valence-corrected chi connectivity index (χ0v) is 20.3. The first kappa shape index (κ1) is 25.2. The zero-order chi connectivity index (χ0) is 26.4. The van der Waals surface area contributed by atoms with Crippen LogP contribution >= 0.6 is 0 Å². The third kappa shape index (κ3) is 5.75. The predicted octanol–water partition coefficient (Wildman–Crippen LogP) is 3.48. The SMILES string of the molecule is O=C(NCc1cccnc1OC(F)F)c1cccc(NC2(c3nc(-c4ccncc4)n[nH]3)CCNCC2)c1. The monoisotopic (exact) mass is 520 g/mol. The Kier molecular flexibility index (Phi) is 7.50. The largest absolute Gasteiger partial charge is 0.417 e. The minimum absolute atomic E-state index is 0.0160. The lowest BCUT2D eigenvalue weighted by atomic mass is 9.87. The normalized spacial score (nSPS) is 14.7. The molecule has 0 radical (unpaired) electrons. The van der Waals surface area contributed by atoms with Crippen LogP contribution in [0.25, 0.3) is 11.4 Å². The van der Waals surface area contributed by atoms with E-state index >= 15 is 0 Å². The van der Waals surface area contributed by atoms with Gasteiger partial charge in [-0.25, -0.2) is 9.97 Å². The number of hydrogen-bond donors (Lipinski definition) is 4. The van der Waals surface area contributed by atoms with Crippen molar-refractivity contribution < 1.29 is 18.3 Å². The molecule has 1 aliphatic heterocycles. The van der Waals surface area contributed by atoms with E-state index in [4.69, 9.17) is 4.98 Å². The summed E-state index contributed by atoms with van der Waals surface area (Å²) in [5, 5.41) is 17.2. The molecule has 0 aliphatic carbocycles.